The molecule has 1 heterocycles. The summed E-state index contributed by atoms with van der Waals surface area (Å²) in [6.07, 6.45) is 12.5. The molecule has 1 aliphatic rings. The topological polar surface area (TPSA) is 38.3 Å². The second kappa shape index (κ2) is 8.35. The van der Waals surface area contributed by atoms with Crippen LogP contribution in [0.5, 0.6) is 0 Å². The molecule has 104 valence electrons. The largest absolute Gasteiger partial charge is 0.463 e. The maximum absolute atomic E-state index is 11.8. The number of carbonyl (C=O) groups excluding carboxylic acids is 1. The standard InChI is InChI=1S/C16H23NO2/c1-4-14-9-10-17-12-15(16(18)19-5-2)8-6-7-13(3)11-14/h7,9-12,17H,4-6,8H2,1-3H3/b10-9-,13-7+,14-11-,15-12+. The number of nitrogens with one attached hydrogen (secondary N) is 1. The zero-order valence-corrected chi connectivity index (χ0v) is 12.0. The van der Waals surface area contributed by atoms with Crippen molar-refractivity contribution in [3.05, 3.63) is 47.3 Å². The number of hydrogen-bond donors (Lipinski definition) is 1. The first kappa shape index (κ1) is 15.3. The van der Waals surface area contributed by atoms with E-state index in [1.54, 1.807) is 6.20 Å². The second-order valence-corrected chi connectivity index (χ2v) is 4.45. The Bertz CT molecular complexity index is 428. The van der Waals surface area contributed by atoms with Gasteiger partial charge in [-0.25, -0.2) is 4.79 Å². The van der Waals surface area contributed by atoms with Crippen LogP contribution in [0.15, 0.2) is 47.3 Å². The number of carbonyl (C=O) groups is 1. The molecule has 0 spiro atoms. The molecule has 1 rings (SSSR count). The molecule has 0 aromatic rings. The summed E-state index contributed by atoms with van der Waals surface area (Å²) < 4.78 is 5.05. The van der Waals surface area contributed by atoms with Gasteiger partial charge < -0.3 is 10.1 Å². The van der Waals surface area contributed by atoms with Crippen molar-refractivity contribution in [2.24, 2.45) is 0 Å². The molecule has 0 unspecified atom stereocenters. The van der Waals surface area contributed by atoms with Crippen molar-refractivity contribution in [2.45, 2.75) is 40.0 Å². The van der Waals surface area contributed by atoms with Gasteiger partial charge in [-0.2, -0.15) is 0 Å². The minimum Gasteiger partial charge on any atom is -0.463 e. The van der Waals surface area contributed by atoms with Crippen molar-refractivity contribution in [2.75, 3.05) is 6.61 Å². The average molecular weight is 261 g/mol. The van der Waals surface area contributed by atoms with Crippen LogP contribution in [0.2, 0.25) is 0 Å². The summed E-state index contributed by atoms with van der Waals surface area (Å²) in [5, 5.41) is 3.04. The van der Waals surface area contributed by atoms with Gasteiger partial charge >= 0.3 is 5.97 Å². The minimum absolute atomic E-state index is 0.239. The van der Waals surface area contributed by atoms with Crippen molar-refractivity contribution in [3.63, 3.8) is 0 Å². The van der Waals surface area contributed by atoms with Gasteiger partial charge in [-0.15, -0.1) is 0 Å². The Kier molecular flexibility index (Phi) is 6.72. The van der Waals surface area contributed by atoms with Gasteiger partial charge in [-0.3, -0.25) is 0 Å². The van der Waals surface area contributed by atoms with Crippen molar-refractivity contribution in [1.82, 2.24) is 5.32 Å². The third kappa shape index (κ3) is 5.60. The Morgan fingerprint density at radius 1 is 1.42 bits per heavy atom. The first-order valence-electron chi connectivity index (χ1n) is 6.83. The Hall–Kier alpha value is -1.77. The summed E-state index contributed by atoms with van der Waals surface area (Å²) in [4.78, 5) is 11.8. The van der Waals surface area contributed by atoms with E-state index in [2.05, 4.69) is 31.3 Å². The van der Waals surface area contributed by atoms with Gasteiger partial charge in [0.15, 0.2) is 0 Å². The van der Waals surface area contributed by atoms with Gasteiger partial charge in [0.2, 0.25) is 0 Å². The maximum atomic E-state index is 11.8. The molecular weight excluding hydrogens is 238 g/mol. The fourth-order valence-electron chi connectivity index (χ4n) is 1.84. The fraction of sp³-hybridized carbons (Fsp3) is 0.438. The van der Waals surface area contributed by atoms with E-state index in [4.69, 9.17) is 4.74 Å². The lowest BCUT2D eigenvalue weighted by Gasteiger charge is -2.05. The number of allylic oxidation sites excluding steroid dienone is 5. The number of ether oxygens (including phenoxy) is 1. The first-order valence-corrected chi connectivity index (χ1v) is 6.83. The van der Waals surface area contributed by atoms with E-state index in [-0.39, 0.29) is 5.97 Å². The molecule has 0 atom stereocenters. The van der Waals surface area contributed by atoms with Gasteiger partial charge in [-0.1, -0.05) is 24.6 Å². The predicted octanol–water partition coefficient (Wildman–Crippen LogP) is 3.61. The number of esters is 1. The molecule has 3 nitrogen and oxygen atoms in total. The zero-order chi connectivity index (χ0) is 14.1. The first-order chi connectivity index (χ1) is 9.17. The second-order valence-electron chi connectivity index (χ2n) is 4.45. The van der Waals surface area contributed by atoms with Crippen LogP contribution in [0.3, 0.4) is 0 Å². The summed E-state index contributed by atoms with van der Waals surface area (Å²) in [7, 11) is 0. The monoisotopic (exact) mass is 261 g/mol. The van der Waals surface area contributed by atoms with Crippen molar-refractivity contribution in [1.29, 1.82) is 0 Å². The summed E-state index contributed by atoms with van der Waals surface area (Å²) >= 11 is 0. The Morgan fingerprint density at radius 3 is 2.89 bits per heavy atom. The molecule has 1 N–H and O–H groups in total. The Balaban J connectivity index is 2.86. The molecule has 0 amide bonds. The van der Waals surface area contributed by atoms with Crippen molar-refractivity contribution < 1.29 is 9.53 Å². The third-order valence-electron chi connectivity index (χ3n) is 2.89. The fourth-order valence-corrected chi connectivity index (χ4v) is 1.84. The van der Waals surface area contributed by atoms with E-state index in [1.807, 2.05) is 19.2 Å². The van der Waals surface area contributed by atoms with E-state index in [0.29, 0.717) is 18.6 Å². The number of rotatable bonds is 3. The highest BCUT2D eigenvalue weighted by atomic mass is 16.5. The highest BCUT2D eigenvalue weighted by Gasteiger charge is 2.09. The SMILES string of the molecule is CCOC(=O)/C1=C/N\C=C/C(CC)=C\C(C)=C\CC1. The normalized spacial score (nSPS) is 26.4. The molecule has 0 aromatic carbocycles. The molecule has 0 aromatic heterocycles. The molecule has 0 bridgehead atoms. The van der Waals surface area contributed by atoms with E-state index >= 15 is 0 Å². The molecule has 19 heavy (non-hydrogen) atoms. The van der Waals surface area contributed by atoms with Crippen LogP contribution in [0.1, 0.15) is 40.0 Å². The van der Waals surface area contributed by atoms with Crippen LogP contribution < -0.4 is 5.32 Å². The molecule has 0 fully saturated rings. The van der Waals surface area contributed by atoms with Crippen molar-refractivity contribution >= 4 is 5.97 Å². The molecule has 3 heteroatoms. The Labute approximate surface area is 115 Å². The van der Waals surface area contributed by atoms with Gasteiger partial charge in [0.1, 0.15) is 0 Å². The lowest BCUT2D eigenvalue weighted by molar-refractivity contribution is -0.138. The summed E-state index contributed by atoms with van der Waals surface area (Å²) in [6.45, 7) is 6.44. The van der Waals surface area contributed by atoms with E-state index in [1.165, 1.54) is 11.1 Å². The minimum atomic E-state index is -0.239. The quantitative estimate of drug-likeness (QED) is 0.789. The zero-order valence-electron chi connectivity index (χ0n) is 12.0. The van der Waals surface area contributed by atoms with Crippen LogP contribution in [0.4, 0.5) is 0 Å². The average Bonchev–Trinajstić information content (AvgIpc) is 2.43. The molecular formula is C16H23NO2. The van der Waals surface area contributed by atoms with Gasteiger partial charge in [0.05, 0.1) is 12.2 Å². The third-order valence-corrected chi connectivity index (χ3v) is 2.89. The maximum Gasteiger partial charge on any atom is 0.335 e. The van der Waals surface area contributed by atoms with Gasteiger partial charge in [-0.05, 0) is 44.8 Å². The van der Waals surface area contributed by atoms with Crippen LogP contribution in [-0.2, 0) is 9.53 Å². The van der Waals surface area contributed by atoms with Gasteiger partial charge in [0, 0.05) is 12.4 Å². The van der Waals surface area contributed by atoms with E-state index < -0.39 is 0 Å². The van der Waals surface area contributed by atoms with Crippen LogP contribution in [0, 0.1) is 0 Å². The molecule has 1 aliphatic heterocycles. The molecule has 0 aliphatic carbocycles. The summed E-state index contributed by atoms with van der Waals surface area (Å²) in [5.41, 5.74) is 3.16. The van der Waals surface area contributed by atoms with E-state index in [9.17, 15) is 4.79 Å². The van der Waals surface area contributed by atoms with Crippen LogP contribution in [-0.4, -0.2) is 12.6 Å². The molecule has 0 saturated heterocycles. The van der Waals surface area contributed by atoms with Crippen molar-refractivity contribution in [3.8, 4) is 0 Å². The summed E-state index contributed by atoms with van der Waals surface area (Å²) in [5.74, 6) is -0.239. The van der Waals surface area contributed by atoms with Crippen LogP contribution >= 0.6 is 0 Å². The van der Waals surface area contributed by atoms with Crippen LogP contribution in [0.25, 0.3) is 0 Å². The highest BCUT2D eigenvalue weighted by Crippen LogP contribution is 2.13. The number of hydrogen-bond acceptors (Lipinski definition) is 3. The summed E-state index contributed by atoms with van der Waals surface area (Å²) in [6, 6.07) is 0. The lowest BCUT2D eigenvalue weighted by Crippen LogP contribution is -2.10. The highest BCUT2D eigenvalue weighted by molar-refractivity contribution is 5.88. The molecule has 0 radical (unpaired) electrons. The lowest BCUT2D eigenvalue weighted by atomic mass is 10.1. The Morgan fingerprint density at radius 2 is 2.21 bits per heavy atom. The predicted molar refractivity (Wildman–Crippen MR) is 78.4 cm³/mol. The molecule has 0 saturated carbocycles. The van der Waals surface area contributed by atoms with Gasteiger partial charge in [0.25, 0.3) is 0 Å². The van der Waals surface area contributed by atoms with E-state index in [0.717, 1.165) is 12.8 Å². The smallest absolute Gasteiger partial charge is 0.335 e.